The van der Waals surface area contributed by atoms with Crippen LogP contribution in [0.1, 0.15) is 22.3 Å². The molecule has 2 N–H and O–H groups in total. The SMILES string of the molecule is O=C(O)C1Cc2ccc3c4c(ccc(c24)C1)CC(C(=O)O)C3. The van der Waals surface area contributed by atoms with Gasteiger partial charge in [-0.3, -0.25) is 9.59 Å². The zero-order valence-electron chi connectivity index (χ0n) is 12.0. The lowest BCUT2D eigenvalue weighted by Crippen LogP contribution is -2.26. The summed E-state index contributed by atoms with van der Waals surface area (Å²) in [4.78, 5) is 22.7. The van der Waals surface area contributed by atoms with Crippen LogP contribution in [0.5, 0.6) is 0 Å². The topological polar surface area (TPSA) is 74.6 Å². The van der Waals surface area contributed by atoms with Crippen LogP contribution in [0, 0.1) is 11.8 Å². The zero-order chi connectivity index (χ0) is 15.4. The van der Waals surface area contributed by atoms with E-state index in [4.69, 9.17) is 0 Å². The number of hydrogen-bond acceptors (Lipinski definition) is 2. The fourth-order valence-corrected chi connectivity index (χ4v) is 4.03. The molecule has 112 valence electrons. The van der Waals surface area contributed by atoms with E-state index in [0.717, 1.165) is 22.3 Å². The number of hydrogen-bond donors (Lipinski definition) is 2. The molecule has 4 nitrogen and oxygen atoms in total. The Labute approximate surface area is 127 Å². The first kappa shape index (κ1) is 13.3. The summed E-state index contributed by atoms with van der Waals surface area (Å²) in [6, 6.07) is 7.96. The fraction of sp³-hybridized carbons (Fsp3) is 0.333. The quantitative estimate of drug-likeness (QED) is 0.892. The highest BCUT2D eigenvalue weighted by molar-refractivity contribution is 5.97. The smallest absolute Gasteiger partial charge is 0.307 e. The van der Waals surface area contributed by atoms with Crippen LogP contribution in [0.15, 0.2) is 24.3 Å². The Kier molecular flexibility index (Phi) is 2.76. The molecule has 0 amide bonds. The summed E-state index contributed by atoms with van der Waals surface area (Å²) < 4.78 is 0. The largest absolute Gasteiger partial charge is 0.481 e. The normalized spacial score (nSPS) is 17.6. The molecule has 2 aromatic carbocycles. The van der Waals surface area contributed by atoms with Crippen LogP contribution in [0.2, 0.25) is 0 Å². The first-order valence-corrected chi connectivity index (χ1v) is 7.55. The fourth-order valence-electron chi connectivity index (χ4n) is 4.03. The Morgan fingerprint density at radius 3 is 1.18 bits per heavy atom. The number of carbonyl (C=O) groups is 2. The molecular weight excluding hydrogens is 280 g/mol. The minimum Gasteiger partial charge on any atom is -0.481 e. The second kappa shape index (κ2) is 4.57. The molecule has 0 saturated carbocycles. The summed E-state index contributed by atoms with van der Waals surface area (Å²) in [6.07, 6.45) is 2.24. The van der Waals surface area contributed by atoms with Crippen molar-refractivity contribution in [1.82, 2.24) is 0 Å². The van der Waals surface area contributed by atoms with Crippen molar-refractivity contribution in [3.8, 4) is 0 Å². The summed E-state index contributed by atoms with van der Waals surface area (Å²) in [6.45, 7) is 0. The minimum atomic E-state index is -0.745. The molecule has 0 aliphatic heterocycles. The summed E-state index contributed by atoms with van der Waals surface area (Å²) in [5.74, 6) is -2.21. The van der Waals surface area contributed by atoms with Gasteiger partial charge < -0.3 is 10.2 Å². The van der Waals surface area contributed by atoms with E-state index < -0.39 is 11.9 Å². The van der Waals surface area contributed by atoms with Crippen molar-refractivity contribution in [2.45, 2.75) is 25.7 Å². The maximum Gasteiger partial charge on any atom is 0.307 e. The van der Waals surface area contributed by atoms with Gasteiger partial charge in [0.2, 0.25) is 0 Å². The third-order valence-corrected chi connectivity index (χ3v) is 5.07. The van der Waals surface area contributed by atoms with Crippen molar-refractivity contribution in [2.75, 3.05) is 0 Å². The highest BCUT2D eigenvalue weighted by atomic mass is 16.4. The predicted octanol–water partition coefficient (Wildman–Crippen LogP) is 2.44. The number of carboxylic acid groups (broad SMARTS) is 2. The third kappa shape index (κ3) is 1.83. The summed E-state index contributed by atoms with van der Waals surface area (Å²) >= 11 is 0. The molecule has 0 fully saturated rings. The Hall–Kier alpha value is -2.36. The van der Waals surface area contributed by atoms with Gasteiger partial charge in [-0.15, -0.1) is 0 Å². The molecule has 0 spiro atoms. The van der Waals surface area contributed by atoms with Gasteiger partial charge in [-0.2, -0.15) is 0 Å². The van der Waals surface area contributed by atoms with Crippen LogP contribution in [-0.2, 0) is 35.3 Å². The summed E-state index contributed by atoms with van der Waals surface area (Å²) in [5.41, 5.74) is 4.34. The lowest BCUT2D eigenvalue weighted by atomic mass is 9.75. The standard InChI is InChI=1S/C18H16O4/c19-17(20)13-5-9-1-2-10-6-14(18(21)22)8-12-4-3-11(7-13)15(9)16(10)12/h1-4,13-14H,5-8H2,(H,19,20)(H,21,22). The highest BCUT2D eigenvalue weighted by Crippen LogP contribution is 2.40. The Bertz CT molecular complexity index is 702. The Balaban J connectivity index is 1.91. The maximum atomic E-state index is 11.3. The Morgan fingerprint density at radius 2 is 0.955 bits per heavy atom. The van der Waals surface area contributed by atoms with Crippen LogP contribution in [0.3, 0.4) is 0 Å². The molecule has 0 aromatic heterocycles. The van der Waals surface area contributed by atoms with Crippen LogP contribution in [0.25, 0.3) is 10.8 Å². The average molecular weight is 296 g/mol. The average Bonchev–Trinajstić information content (AvgIpc) is 2.51. The second-order valence-electron chi connectivity index (χ2n) is 6.40. The molecule has 0 radical (unpaired) electrons. The van der Waals surface area contributed by atoms with E-state index in [-0.39, 0.29) is 11.8 Å². The molecule has 0 atom stereocenters. The molecule has 4 heteroatoms. The van der Waals surface area contributed by atoms with Gasteiger partial charge in [0, 0.05) is 0 Å². The van der Waals surface area contributed by atoms with Crippen LogP contribution < -0.4 is 0 Å². The van der Waals surface area contributed by atoms with Crippen molar-refractivity contribution in [3.63, 3.8) is 0 Å². The van der Waals surface area contributed by atoms with E-state index in [1.165, 1.54) is 10.8 Å². The molecule has 0 unspecified atom stereocenters. The monoisotopic (exact) mass is 296 g/mol. The summed E-state index contributed by atoms with van der Waals surface area (Å²) in [5, 5.41) is 21.0. The van der Waals surface area contributed by atoms with E-state index in [9.17, 15) is 19.8 Å². The van der Waals surface area contributed by atoms with Gasteiger partial charge >= 0.3 is 11.9 Å². The molecule has 22 heavy (non-hydrogen) atoms. The molecule has 0 saturated heterocycles. The van der Waals surface area contributed by atoms with Gasteiger partial charge in [0.05, 0.1) is 11.8 Å². The maximum absolute atomic E-state index is 11.3. The van der Waals surface area contributed by atoms with E-state index in [1.54, 1.807) is 0 Å². The van der Waals surface area contributed by atoms with Crippen molar-refractivity contribution in [3.05, 3.63) is 46.5 Å². The van der Waals surface area contributed by atoms with Gasteiger partial charge in [0.25, 0.3) is 0 Å². The van der Waals surface area contributed by atoms with Crippen molar-refractivity contribution >= 4 is 22.7 Å². The highest BCUT2D eigenvalue weighted by Gasteiger charge is 2.31. The molecule has 2 aliphatic rings. The van der Waals surface area contributed by atoms with Crippen molar-refractivity contribution in [1.29, 1.82) is 0 Å². The van der Waals surface area contributed by atoms with Crippen molar-refractivity contribution < 1.29 is 19.8 Å². The first-order valence-electron chi connectivity index (χ1n) is 7.55. The van der Waals surface area contributed by atoms with Gasteiger partial charge in [-0.1, -0.05) is 24.3 Å². The second-order valence-corrected chi connectivity index (χ2v) is 6.40. The minimum absolute atomic E-state index is 0.359. The number of benzene rings is 2. The molecular formula is C18H16O4. The summed E-state index contributed by atoms with van der Waals surface area (Å²) in [7, 11) is 0. The van der Waals surface area contributed by atoms with E-state index in [1.807, 2.05) is 24.3 Å². The van der Waals surface area contributed by atoms with Crippen molar-refractivity contribution in [2.24, 2.45) is 11.8 Å². The number of carboxylic acids is 2. The predicted molar refractivity (Wildman–Crippen MR) is 81.0 cm³/mol. The van der Waals surface area contributed by atoms with E-state index in [2.05, 4.69) is 0 Å². The number of aliphatic carboxylic acids is 2. The molecule has 4 rings (SSSR count). The lowest BCUT2D eigenvalue weighted by Gasteiger charge is -2.29. The van der Waals surface area contributed by atoms with Gasteiger partial charge in [-0.25, -0.2) is 0 Å². The lowest BCUT2D eigenvalue weighted by molar-refractivity contribution is -0.142. The first-order chi connectivity index (χ1) is 10.5. The number of rotatable bonds is 2. The van der Waals surface area contributed by atoms with Gasteiger partial charge in [0.15, 0.2) is 0 Å². The van der Waals surface area contributed by atoms with E-state index >= 15 is 0 Å². The van der Waals surface area contributed by atoms with Crippen LogP contribution in [-0.4, -0.2) is 22.2 Å². The Morgan fingerprint density at radius 1 is 0.682 bits per heavy atom. The molecule has 0 bridgehead atoms. The van der Waals surface area contributed by atoms with Gasteiger partial charge in [-0.05, 0) is 58.7 Å². The van der Waals surface area contributed by atoms with Crippen LogP contribution in [0.4, 0.5) is 0 Å². The van der Waals surface area contributed by atoms with Crippen LogP contribution >= 0.6 is 0 Å². The van der Waals surface area contributed by atoms with E-state index in [0.29, 0.717) is 25.7 Å². The molecule has 0 heterocycles. The third-order valence-electron chi connectivity index (χ3n) is 5.07. The zero-order valence-corrected chi connectivity index (χ0v) is 12.0. The molecule has 2 aliphatic carbocycles. The van der Waals surface area contributed by atoms with Gasteiger partial charge in [0.1, 0.15) is 0 Å². The molecule has 2 aromatic rings.